The summed E-state index contributed by atoms with van der Waals surface area (Å²) >= 11 is 3.40. The van der Waals surface area contributed by atoms with E-state index < -0.39 is 0 Å². The maximum Gasteiger partial charge on any atom is 0.262 e. The highest BCUT2D eigenvalue weighted by molar-refractivity contribution is 9.10. The number of nitrogens with two attached hydrogens (primary N) is 1. The van der Waals surface area contributed by atoms with Crippen LogP contribution in [0.25, 0.3) is 0 Å². The van der Waals surface area contributed by atoms with E-state index in [0.717, 1.165) is 15.7 Å². The molecule has 0 bridgehead atoms. The van der Waals surface area contributed by atoms with E-state index >= 15 is 0 Å². The molecule has 2 rings (SSSR count). The number of amides is 1. The lowest BCUT2D eigenvalue weighted by atomic mass is 10.1. The number of carbonyl (C=O) groups is 1. The average Bonchev–Trinajstić information content (AvgIpc) is 2.47. The van der Waals surface area contributed by atoms with Gasteiger partial charge in [0.05, 0.1) is 0 Å². The minimum atomic E-state index is -0.209. The summed E-state index contributed by atoms with van der Waals surface area (Å²) in [4.78, 5) is 11.9. The fourth-order valence-corrected chi connectivity index (χ4v) is 2.25. The highest BCUT2D eigenvalue weighted by Crippen LogP contribution is 2.27. The number of nitrogens with one attached hydrogen (secondary N) is 1. The van der Waals surface area contributed by atoms with Gasteiger partial charge in [0, 0.05) is 21.8 Å². The van der Waals surface area contributed by atoms with Gasteiger partial charge in [-0.15, -0.1) is 0 Å². The SMILES string of the molecule is CC(N)c1cc(Br)ccc1OCC(=O)Nc1ccccc1. The minimum Gasteiger partial charge on any atom is -0.483 e. The molecule has 0 fully saturated rings. The largest absolute Gasteiger partial charge is 0.483 e. The van der Waals surface area contributed by atoms with Gasteiger partial charge in [-0.1, -0.05) is 34.1 Å². The Morgan fingerprint density at radius 1 is 1.29 bits per heavy atom. The Labute approximate surface area is 132 Å². The smallest absolute Gasteiger partial charge is 0.262 e. The number of ether oxygens (including phenoxy) is 1. The van der Waals surface area contributed by atoms with Crippen LogP contribution in [-0.2, 0) is 4.79 Å². The molecule has 1 atom stereocenters. The van der Waals surface area contributed by atoms with Crippen molar-refractivity contribution in [3.05, 3.63) is 58.6 Å². The lowest BCUT2D eigenvalue weighted by molar-refractivity contribution is -0.118. The molecule has 0 aliphatic heterocycles. The predicted molar refractivity (Wildman–Crippen MR) is 87.3 cm³/mol. The molecule has 110 valence electrons. The van der Waals surface area contributed by atoms with Gasteiger partial charge in [-0.25, -0.2) is 0 Å². The van der Waals surface area contributed by atoms with Gasteiger partial charge in [0.1, 0.15) is 5.75 Å². The van der Waals surface area contributed by atoms with Crippen LogP contribution in [0.4, 0.5) is 5.69 Å². The van der Waals surface area contributed by atoms with E-state index in [1.54, 1.807) is 6.07 Å². The van der Waals surface area contributed by atoms with Crippen LogP contribution in [0.5, 0.6) is 5.75 Å². The zero-order valence-electron chi connectivity index (χ0n) is 11.7. The number of rotatable bonds is 5. The zero-order valence-corrected chi connectivity index (χ0v) is 13.3. The summed E-state index contributed by atoms with van der Waals surface area (Å²) in [6.45, 7) is 1.81. The van der Waals surface area contributed by atoms with Crippen molar-refractivity contribution in [2.24, 2.45) is 5.73 Å². The number of hydrogen-bond acceptors (Lipinski definition) is 3. The van der Waals surface area contributed by atoms with Gasteiger partial charge in [-0.05, 0) is 37.3 Å². The first-order chi connectivity index (χ1) is 10.1. The van der Waals surface area contributed by atoms with Crippen molar-refractivity contribution < 1.29 is 9.53 Å². The van der Waals surface area contributed by atoms with Crippen LogP contribution in [0.2, 0.25) is 0 Å². The fourth-order valence-electron chi connectivity index (χ4n) is 1.87. The normalized spacial score (nSPS) is 11.8. The third kappa shape index (κ3) is 4.58. The molecule has 0 aliphatic carbocycles. The summed E-state index contributed by atoms with van der Waals surface area (Å²) in [7, 11) is 0. The predicted octanol–water partition coefficient (Wildman–Crippen LogP) is 3.49. The van der Waals surface area contributed by atoms with Crippen molar-refractivity contribution in [2.45, 2.75) is 13.0 Å². The number of hydrogen-bond donors (Lipinski definition) is 2. The van der Waals surface area contributed by atoms with Gasteiger partial charge in [-0.2, -0.15) is 0 Å². The molecule has 0 aliphatic rings. The molecule has 0 heterocycles. The monoisotopic (exact) mass is 348 g/mol. The second kappa shape index (κ2) is 7.24. The van der Waals surface area contributed by atoms with Crippen LogP contribution in [0, 0.1) is 0 Å². The van der Waals surface area contributed by atoms with Crippen LogP contribution in [0.1, 0.15) is 18.5 Å². The minimum absolute atomic E-state index is 0.0593. The molecule has 2 aromatic carbocycles. The van der Waals surface area contributed by atoms with Crippen LogP contribution < -0.4 is 15.8 Å². The first-order valence-corrected chi connectivity index (χ1v) is 7.38. The molecule has 1 unspecified atom stereocenters. The van der Waals surface area contributed by atoms with Gasteiger partial charge < -0.3 is 15.8 Å². The molecule has 3 N–H and O–H groups in total. The van der Waals surface area contributed by atoms with Crippen LogP contribution in [-0.4, -0.2) is 12.5 Å². The first-order valence-electron chi connectivity index (χ1n) is 6.59. The second-order valence-electron chi connectivity index (χ2n) is 4.67. The Morgan fingerprint density at radius 3 is 2.67 bits per heavy atom. The molecule has 0 radical (unpaired) electrons. The molecule has 2 aromatic rings. The maximum atomic E-state index is 11.9. The zero-order chi connectivity index (χ0) is 15.2. The number of benzene rings is 2. The molecule has 21 heavy (non-hydrogen) atoms. The molecule has 5 heteroatoms. The Balaban J connectivity index is 1.98. The van der Waals surface area contributed by atoms with Crippen LogP contribution in [0.15, 0.2) is 53.0 Å². The molecule has 0 spiro atoms. The lowest BCUT2D eigenvalue weighted by Gasteiger charge is -2.14. The summed E-state index contributed by atoms with van der Waals surface area (Å²) in [5.41, 5.74) is 7.51. The van der Waals surface area contributed by atoms with E-state index in [4.69, 9.17) is 10.5 Å². The highest BCUT2D eigenvalue weighted by Gasteiger charge is 2.11. The molecule has 1 amide bonds. The molecular weight excluding hydrogens is 332 g/mol. The average molecular weight is 349 g/mol. The molecular formula is C16H17BrN2O2. The number of para-hydroxylation sites is 1. The molecule has 0 saturated heterocycles. The van der Waals surface area contributed by atoms with E-state index in [2.05, 4.69) is 21.2 Å². The Bertz CT molecular complexity index is 615. The quantitative estimate of drug-likeness (QED) is 0.869. The summed E-state index contributed by atoms with van der Waals surface area (Å²) in [6.07, 6.45) is 0. The Hall–Kier alpha value is -1.85. The van der Waals surface area contributed by atoms with Crippen molar-refractivity contribution in [2.75, 3.05) is 11.9 Å². The summed E-state index contributed by atoms with van der Waals surface area (Å²) in [5.74, 6) is 0.413. The third-order valence-electron chi connectivity index (χ3n) is 2.88. The molecule has 0 aromatic heterocycles. The van der Waals surface area contributed by atoms with Gasteiger partial charge in [-0.3, -0.25) is 4.79 Å². The van der Waals surface area contributed by atoms with Crippen LogP contribution >= 0.6 is 15.9 Å². The van der Waals surface area contributed by atoms with E-state index in [1.165, 1.54) is 0 Å². The van der Waals surface area contributed by atoms with E-state index in [9.17, 15) is 4.79 Å². The van der Waals surface area contributed by atoms with Gasteiger partial charge in [0.25, 0.3) is 5.91 Å². The van der Waals surface area contributed by atoms with E-state index in [-0.39, 0.29) is 18.6 Å². The summed E-state index contributed by atoms with van der Waals surface area (Å²) in [5, 5.41) is 2.77. The van der Waals surface area contributed by atoms with Gasteiger partial charge >= 0.3 is 0 Å². The number of halogens is 1. The van der Waals surface area contributed by atoms with Gasteiger partial charge in [0.15, 0.2) is 6.61 Å². The molecule has 0 saturated carbocycles. The summed E-state index contributed by atoms with van der Waals surface area (Å²) < 4.78 is 6.50. The second-order valence-corrected chi connectivity index (χ2v) is 5.59. The standard InChI is InChI=1S/C16H17BrN2O2/c1-11(18)14-9-12(17)7-8-15(14)21-10-16(20)19-13-5-3-2-4-6-13/h2-9,11H,10,18H2,1H3,(H,19,20). The van der Waals surface area contributed by atoms with Crippen molar-refractivity contribution in [1.29, 1.82) is 0 Å². The number of anilines is 1. The maximum absolute atomic E-state index is 11.9. The Kier molecular flexibility index (Phi) is 5.36. The van der Waals surface area contributed by atoms with E-state index in [1.807, 2.05) is 49.4 Å². The van der Waals surface area contributed by atoms with Crippen molar-refractivity contribution in [3.8, 4) is 5.75 Å². The fraction of sp³-hybridized carbons (Fsp3) is 0.188. The Morgan fingerprint density at radius 2 is 2.00 bits per heavy atom. The van der Waals surface area contributed by atoms with E-state index in [0.29, 0.717) is 5.75 Å². The third-order valence-corrected chi connectivity index (χ3v) is 3.37. The van der Waals surface area contributed by atoms with Crippen molar-refractivity contribution >= 4 is 27.5 Å². The highest BCUT2D eigenvalue weighted by atomic mass is 79.9. The van der Waals surface area contributed by atoms with Gasteiger partial charge in [0.2, 0.25) is 0 Å². The summed E-state index contributed by atoms with van der Waals surface area (Å²) in [6, 6.07) is 14.6. The topological polar surface area (TPSA) is 64.3 Å². The van der Waals surface area contributed by atoms with Crippen LogP contribution in [0.3, 0.4) is 0 Å². The van der Waals surface area contributed by atoms with Crippen molar-refractivity contribution in [3.63, 3.8) is 0 Å². The lowest BCUT2D eigenvalue weighted by Crippen LogP contribution is -2.21. The molecule has 4 nitrogen and oxygen atoms in total. The van der Waals surface area contributed by atoms with Crippen molar-refractivity contribution in [1.82, 2.24) is 0 Å². The number of carbonyl (C=O) groups excluding carboxylic acids is 1. The first kappa shape index (κ1) is 15.5.